The number of methoxy groups -OCH3 is 1. The fraction of sp³-hybridized carbons (Fsp3) is 0.333. The van der Waals surface area contributed by atoms with Gasteiger partial charge < -0.3 is 4.74 Å². The molecule has 0 aliphatic carbocycles. The number of nitrogens with one attached hydrogen (secondary N) is 1. The molecule has 0 fully saturated rings. The third-order valence-electron chi connectivity index (χ3n) is 2.35. The first kappa shape index (κ1) is 13.2. The second-order valence-corrected chi connectivity index (χ2v) is 3.51. The number of ether oxygens (including phenoxy) is 1. The number of hydrazone groups is 1. The van der Waals surface area contributed by atoms with Crippen LogP contribution in [0.4, 0.5) is 0 Å². The van der Waals surface area contributed by atoms with Gasteiger partial charge in [-0.1, -0.05) is 18.2 Å². The van der Waals surface area contributed by atoms with Crippen LogP contribution in [-0.2, 0) is 14.4 Å². The first-order valence-corrected chi connectivity index (χ1v) is 5.12. The molecule has 92 valence electrons. The molecule has 0 atom stereocenters. The standard InChI is InChI=1S/C12H16N2O3/c1-8-6-5-7-9(2)10(8)11(12(15)16-3)13-14-17-4/h5-7,14H,1-4H3/b13-11-. The zero-order valence-electron chi connectivity index (χ0n) is 10.4. The molecule has 1 aromatic rings. The monoisotopic (exact) mass is 236 g/mol. The Balaban J connectivity index is 3.27. The van der Waals surface area contributed by atoms with E-state index in [2.05, 4.69) is 15.5 Å². The molecule has 5 nitrogen and oxygen atoms in total. The SMILES string of the molecule is CON/N=C(\C(=O)OC)c1c(C)cccc1C. The highest BCUT2D eigenvalue weighted by Gasteiger charge is 2.18. The number of hydrogen-bond acceptors (Lipinski definition) is 5. The highest BCUT2D eigenvalue weighted by molar-refractivity contribution is 6.43. The van der Waals surface area contributed by atoms with Crippen LogP contribution in [-0.4, -0.2) is 25.9 Å². The highest BCUT2D eigenvalue weighted by atomic mass is 16.7. The molecule has 0 amide bonds. The second kappa shape index (κ2) is 6.00. The summed E-state index contributed by atoms with van der Waals surface area (Å²) < 4.78 is 4.71. The summed E-state index contributed by atoms with van der Waals surface area (Å²) in [7, 11) is 2.74. The average molecular weight is 236 g/mol. The van der Waals surface area contributed by atoms with Crippen LogP contribution in [0.3, 0.4) is 0 Å². The number of rotatable bonds is 4. The molecular formula is C12H16N2O3. The molecule has 0 heterocycles. The van der Waals surface area contributed by atoms with Gasteiger partial charge in [0.25, 0.3) is 0 Å². The third kappa shape index (κ3) is 3.04. The van der Waals surface area contributed by atoms with E-state index in [0.29, 0.717) is 0 Å². The van der Waals surface area contributed by atoms with E-state index in [4.69, 9.17) is 4.74 Å². The predicted octanol–water partition coefficient (Wildman–Crippen LogP) is 1.33. The maximum atomic E-state index is 11.7. The number of esters is 1. The maximum absolute atomic E-state index is 11.7. The van der Waals surface area contributed by atoms with Gasteiger partial charge >= 0.3 is 5.97 Å². The van der Waals surface area contributed by atoms with Crippen LogP contribution in [0.25, 0.3) is 0 Å². The Morgan fingerprint density at radius 3 is 2.29 bits per heavy atom. The number of benzene rings is 1. The lowest BCUT2D eigenvalue weighted by Gasteiger charge is -2.10. The molecule has 0 saturated carbocycles. The second-order valence-electron chi connectivity index (χ2n) is 3.51. The van der Waals surface area contributed by atoms with Gasteiger partial charge in [-0.2, -0.15) is 5.59 Å². The first-order chi connectivity index (χ1) is 8.11. The maximum Gasteiger partial charge on any atom is 0.359 e. The van der Waals surface area contributed by atoms with Crippen molar-refractivity contribution in [3.05, 3.63) is 34.9 Å². The van der Waals surface area contributed by atoms with Gasteiger partial charge in [-0.3, -0.25) is 4.84 Å². The Bertz CT molecular complexity index is 421. The van der Waals surface area contributed by atoms with E-state index in [0.717, 1.165) is 16.7 Å². The molecule has 5 heteroatoms. The Hall–Kier alpha value is -1.88. The molecule has 0 unspecified atom stereocenters. The van der Waals surface area contributed by atoms with Crippen LogP contribution in [0.15, 0.2) is 23.3 Å². The van der Waals surface area contributed by atoms with E-state index in [1.165, 1.54) is 14.2 Å². The van der Waals surface area contributed by atoms with Crippen LogP contribution in [0.1, 0.15) is 16.7 Å². The van der Waals surface area contributed by atoms with Gasteiger partial charge in [-0.05, 0) is 25.0 Å². The van der Waals surface area contributed by atoms with Gasteiger partial charge in [-0.25, -0.2) is 4.79 Å². The van der Waals surface area contributed by atoms with Gasteiger partial charge in [0.05, 0.1) is 14.2 Å². The topological polar surface area (TPSA) is 59.9 Å². The van der Waals surface area contributed by atoms with Gasteiger partial charge in [0.2, 0.25) is 0 Å². The van der Waals surface area contributed by atoms with Crippen LogP contribution in [0, 0.1) is 13.8 Å². The summed E-state index contributed by atoms with van der Waals surface area (Å²) in [5.74, 6) is -0.507. The van der Waals surface area contributed by atoms with Crippen molar-refractivity contribution in [1.29, 1.82) is 0 Å². The largest absolute Gasteiger partial charge is 0.464 e. The Labute approximate surface area is 100 Å². The summed E-state index contributed by atoms with van der Waals surface area (Å²) in [5, 5.41) is 3.87. The highest BCUT2D eigenvalue weighted by Crippen LogP contribution is 2.15. The molecule has 0 bridgehead atoms. The molecule has 1 rings (SSSR count). The fourth-order valence-corrected chi connectivity index (χ4v) is 1.58. The van der Waals surface area contributed by atoms with E-state index < -0.39 is 5.97 Å². The quantitative estimate of drug-likeness (QED) is 0.487. The molecule has 0 aliphatic rings. The molecule has 0 aliphatic heterocycles. The molecule has 1 aromatic carbocycles. The minimum atomic E-state index is -0.507. The van der Waals surface area contributed by atoms with Crippen molar-refractivity contribution in [1.82, 2.24) is 5.59 Å². The molecule has 1 N–H and O–H groups in total. The van der Waals surface area contributed by atoms with E-state index >= 15 is 0 Å². The summed E-state index contributed by atoms with van der Waals surface area (Å²) in [6.07, 6.45) is 0. The number of aryl methyl sites for hydroxylation is 2. The van der Waals surface area contributed by atoms with Crippen molar-refractivity contribution in [2.24, 2.45) is 5.10 Å². The van der Waals surface area contributed by atoms with Crippen molar-refractivity contribution < 1.29 is 14.4 Å². The predicted molar refractivity (Wildman–Crippen MR) is 64.6 cm³/mol. The lowest BCUT2D eigenvalue weighted by molar-refractivity contribution is -0.132. The Morgan fingerprint density at radius 1 is 1.24 bits per heavy atom. The molecule has 0 spiro atoms. The minimum Gasteiger partial charge on any atom is -0.464 e. The number of carbonyl (C=O) groups is 1. The van der Waals surface area contributed by atoms with Crippen LogP contribution in [0.5, 0.6) is 0 Å². The normalized spacial score (nSPS) is 11.2. The summed E-state index contributed by atoms with van der Waals surface area (Å²) in [5.41, 5.74) is 5.16. The minimum absolute atomic E-state index is 0.199. The van der Waals surface area contributed by atoms with Gasteiger partial charge in [-0.15, -0.1) is 5.10 Å². The van der Waals surface area contributed by atoms with Gasteiger partial charge in [0.15, 0.2) is 5.71 Å². The zero-order valence-corrected chi connectivity index (χ0v) is 10.4. The van der Waals surface area contributed by atoms with Crippen molar-refractivity contribution in [3.8, 4) is 0 Å². The Morgan fingerprint density at radius 2 is 1.82 bits per heavy atom. The van der Waals surface area contributed by atoms with Crippen molar-refractivity contribution in [2.45, 2.75) is 13.8 Å². The fourth-order valence-electron chi connectivity index (χ4n) is 1.58. The number of carbonyl (C=O) groups excluding carboxylic acids is 1. The molecular weight excluding hydrogens is 220 g/mol. The third-order valence-corrected chi connectivity index (χ3v) is 2.35. The van der Waals surface area contributed by atoms with E-state index in [1.807, 2.05) is 32.0 Å². The number of nitrogens with zero attached hydrogens (tertiary/aromatic N) is 1. The van der Waals surface area contributed by atoms with E-state index in [-0.39, 0.29) is 5.71 Å². The summed E-state index contributed by atoms with van der Waals surface area (Å²) >= 11 is 0. The van der Waals surface area contributed by atoms with Gasteiger partial charge in [0.1, 0.15) is 0 Å². The molecule has 0 aromatic heterocycles. The molecule has 0 radical (unpaired) electrons. The summed E-state index contributed by atoms with van der Waals surface area (Å²) in [4.78, 5) is 16.3. The lowest BCUT2D eigenvalue weighted by Crippen LogP contribution is -2.22. The summed E-state index contributed by atoms with van der Waals surface area (Å²) in [6, 6.07) is 5.74. The van der Waals surface area contributed by atoms with Crippen LogP contribution < -0.4 is 5.59 Å². The van der Waals surface area contributed by atoms with Crippen molar-refractivity contribution in [2.75, 3.05) is 14.2 Å². The molecule has 17 heavy (non-hydrogen) atoms. The van der Waals surface area contributed by atoms with Crippen molar-refractivity contribution in [3.63, 3.8) is 0 Å². The zero-order chi connectivity index (χ0) is 12.8. The smallest absolute Gasteiger partial charge is 0.359 e. The average Bonchev–Trinajstić information content (AvgIpc) is 2.32. The van der Waals surface area contributed by atoms with Crippen LogP contribution >= 0.6 is 0 Å². The lowest BCUT2D eigenvalue weighted by atomic mass is 9.99. The Kier molecular flexibility index (Phi) is 4.66. The summed E-state index contributed by atoms with van der Waals surface area (Å²) in [6.45, 7) is 3.82. The van der Waals surface area contributed by atoms with E-state index in [1.54, 1.807) is 0 Å². The first-order valence-electron chi connectivity index (χ1n) is 5.12. The number of hydrogen-bond donors (Lipinski definition) is 1. The van der Waals surface area contributed by atoms with Gasteiger partial charge in [0, 0.05) is 5.56 Å². The van der Waals surface area contributed by atoms with Crippen LogP contribution in [0.2, 0.25) is 0 Å². The van der Waals surface area contributed by atoms with E-state index in [9.17, 15) is 4.79 Å². The molecule has 0 saturated heterocycles. The van der Waals surface area contributed by atoms with Crippen molar-refractivity contribution >= 4 is 11.7 Å².